The van der Waals surface area contributed by atoms with Crippen molar-refractivity contribution in [1.82, 2.24) is 4.90 Å². The van der Waals surface area contributed by atoms with Gasteiger partial charge in [0, 0.05) is 24.6 Å². The summed E-state index contributed by atoms with van der Waals surface area (Å²) in [6.45, 7) is 4.98. The molecule has 0 bridgehead atoms. The van der Waals surface area contributed by atoms with Gasteiger partial charge in [-0.3, -0.25) is 4.79 Å². The molecule has 2 aromatic rings. The summed E-state index contributed by atoms with van der Waals surface area (Å²) in [4.78, 5) is 14.6. The second-order valence-corrected chi connectivity index (χ2v) is 7.59. The van der Waals surface area contributed by atoms with Crippen LogP contribution in [0, 0.1) is 0 Å². The first kappa shape index (κ1) is 21.0. The van der Waals surface area contributed by atoms with Gasteiger partial charge in [-0.1, -0.05) is 26.0 Å². The van der Waals surface area contributed by atoms with Crippen molar-refractivity contribution in [1.29, 1.82) is 0 Å². The average molecular weight is 399 g/mol. The molecule has 1 fully saturated rings. The van der Waals surface area contributed by atoms with E-state index in [0.717, 1.165) is 5.75 Å². The maximum Gasteiger partial charge on any atom is 0.254 e. The summed E-state index contributed by atoms with van der Waals surface area (Å²) in [6.07, 6.45) is -0.552. The van der Waals surface area contributed by atoms with Crippen LogP contribution in [0.3, 0.4) is 0 Å². The van der Waals surface area contributed by atoms with Gasteiger partial charge in [-0.15, -0.1) is 0 Å². The van der Waals surface area contributed by atoms with Crippen molar-refractivity contribution in [3.63, 3.8) is 0 Å². The van der Waals surface area contributed by atoms with Gasteiger partial charge in [-0.2, -0.15) is 0 Å². The number of nitrogens with zero attached hydrogens (tertiary/aromatic N) is 1. The maximum absolute atomic E-state index is 12.9. The van der Waals surface area contributed by atoms with Crippen LogP contribution >= 0.6 is 0 Å². The van der Waals surface area contributed by atoms with E-state index in [1.165, 1.54) is 5.56 Å². The molecule has 1 aliphatic heterocycles. The molecular weight excluding hydrogens is 370 g/mol. The molecule has 29 heavy (non-hydrogen) atoms. The van der Waals surface area contributed by atoms with Crippen LogP contribution in [-0.2, 0) is 0 Å². The molecule has 0 aromatic heterocycles. The molecule has 1 N–H and O–H groups in total. The van der Waals surface area contributed by atoms with Gasteiger partial charge in [0.15, 0.2) is 0 Å². The van der Waals surface area contributed by atoms with E-state index in [1.54, 1.807) is 37.3 Å². The zero-order valence-electron chi connectivity index (χ0n) is 17.4. The largest absolute Gasteiger partial charge is 0.497 e. The van der Waals surface area contributed by atoms with Crippen molar-refractivity contribution in [2.75, 3.05) is 27.3 Å². The Kier molecular flexibility index (Phi) is 6.64. The van der Waals surface area contributed by atoms with E-state index in [9.17, 15) is 9.90 Å². The van der Waals surface area contributed by atoms with Crippen LogP contribution in [-0.4, -0.2) is 55.4 Å². The molecule has 0 spiro atoms. The fourth-order valence-electron chi connectivity index (χ4n) is 3.47. The number of carbonyl (C=O) groups is 1. The molecule has 0 unspecified atom stereocenters. The Labute approximate surface area is 172 Å². The number of ether oxygens (including phenoxy) is 3. The van der Waals surface area contributed by atoms with Crippen LogP contribution < -0.4 is 14.2 Å². The molecule has 3 rings (SSSR count). The van der Waals surface area contributed by atoms with Gasteiger partial charge in [0.25, 0.3) is 5.91 Å². The van der Waals surface area contributed by atoms with Crippen molar-refractivity contribution >= 4 is 5.91 Å². The third-order valence-electron chi connectivity index (χ3n) is 5.22. The average Bonchev–Trinajstić information content (AvgIpc) is 2.74. The number of rotatable bonds is 6. The van der Waals surface area contributed by atoms with Crippen molar-refractivity contribution in [2.45, 2.75) is 38.4 Å². The highest BCUT2D eigenvalue weighted by Crippen LogP contribution is 2.26. The summed E-state index contributed by atoms with van der Waals surface area (Å²) in [6, 6.07) is 13.0. The molecule has 1 heterocycles. The highest BCUT2D eigenvalue weighted by Gasteiger charge is 2.32. The van der Waals surface area contributed by atoms with Gasteiger partial charge in [-0.25, -0.2) is 0 Å². The zero-order valence-corrected chi connectivity index (χ0v) is 17.4. The number of carbonyl (C=O) groups excluding carboxylic acids is 1. The van der Waals surface area contributed by atoms with E-state index in [0.29, 0.717) is 35.9 Å². The summed E-state index contributed by atoms with van der Waals surface area (Å²) in [5.74, 6) is 2.09. The second-order valence-electron chi connectivity index (χ2n) is 7.59. The minimum Gasteiger partial charge on any atom is -0.497 e. The third kappa shape index (κ3) is 5.01. The molecule has 6 heteroatoms. The molecule has 156 valence electrons. The van der Waals surface area contributed by atoms with Crippen LogP contribution in [0.5, 0.6) is 17.2 Å². The van der Waals surface area contributed by atoms with E-state index in [1.807, 2.05) is 18.2 Å². The monoisotopic (exact) mass is 399 g/mol. The minimum atomic E-state index is -0.761. The summed E-state index contributed by atoms with van der Waals surface area (Å²) in [5, 5.41) is 10.6. The number of aliphatic hydroxyl groups excluding tert-OH is 1. The lowest BCUT2D eigenvalue weighted by Gasteiger charge is -2.36. The van der Waals surface area contributed by atoms with Gasteiger partial charge in [0.1, 0.15) is 29.5 Å². The number of amides is 1. The topological polar surface area (TPSA) is 68.2 Å². The Morgan fingerprint density at radius 1 is 1.07 bits per heavy atom. The summed E-state index contributed by atoms with van der Waals surface area (Å²) in [7, 11) is 3.09. The molecule has 1 saturated heterocycles. The van der Waals surface area contributed by atoms with Crippen LogP contribution in [0.15, 0.2) is 42.5 Å². The van der Waals surface area contributed by atoms with E-state index >= 15 is 0 Å². The fraction of sp³-hybridized carbons (Fsp3) is 0.435. The zero-order chi connectivity index (χ0) is 21.0. The summed E-state index contributed by atoms with van der Waals surface area (Å²) in [5.41, 5.74) is 1.66. The number of hydrogen-bond donors (Lipinski definition) is 1. The van der Waals surface area contributed by atoms with E-state index in [4.69, 9.17) is 14.2 Å². The van der Waals surface area contributed by atoms with Crippen molar-refractivity contribution in [3.05, 3.63) is 53.6 Å². The van der Waals surface area contributed by atoms with Crippen LogP contribution in [0.25, 0.3) is 0 Å². The van der Waals surface area contributed by atoms with Gasteiger partial charge in [0.05, 0.1) is 20.8 Å². The molecule has 1 aliphatic rings. The lowest BCUT2D eigenvalue weighted by atomic mass is 10.0. The number of aliphatic hydroxyl groups is 1. The Morgan fingerprint density at radius 2 is 1.76 bits per heavy atom. The molecule has 1 amide bonds. The molecule has 0 radical (unpaired) electrons. The Bertz CT molecular complexity index is 829. The van der Waals surface area contributed by atoms with Gasteiger partial charge >= 0.3 is 0 Å². The Hall–Kier alpha value is -2.73. The molecule has 2 aromatic carbocycles. The minimum absolute atomic E-state index is 0.165. The van der Waals surface area contributed by atoms with E-state index in [2.05, 4.69) is 19.9 Å². The van der Waals surface area contributed by atoms with Crippen molar-refractivity contribution in [3.8, 4) is 17.2 Å². The predicted octanol–water partition coefficient (Wildman–Crippen LogP) is 3.48. The summed E-state index contributed by atoms with van der Waals surface area (Å²) >= 11 is 0. The van der Waals surface area contributed by atoms with Gasteiger partial charge in [0.2, 0.25) is 0 Å². The summed E-state index contributed by atoms with van der Waals surface area (Å²) < 4.78 is 16.5. The standard InChI is InChI=1S/C23H29NO5/c1-15(2)16-6-5-7-18(10-16)29-22-8-9-24(14-21(22)25)23(26)17-11-19(27-3)13-20(12-17)28-4/h5-7,10-13,15,21-22,25H,8-9,14H2,1-4H3/t21-,22-/m1/s1. The van der Waals surface area contributed by atoms with Crippen molar-refractivity contribution in [2.24, 2.45) is 0 Å². The van der Waals surface area contributed by atoms with Crippen LogP contribution in [0.2, 0.25) is 0 Å². The van der Waals surface area contributed by atoms with Crippen LogP contribution in [0.4, 0.5) is 0 Å². The van der Waals surface area contributed by atoms with Gasteiger partial charge < -0.3 is 24.2 Å². The molecule has 2 atom stereocenters. The predicted molar refractivity (Wildman–Crippen MR) is 111 cm³/mol. The SMILES string of the molecule is COc1cc(OC)cc(C(=O)N2CC[C@@H](Oc3cccc(C(C)C)c3)[C@H](O)C2)c1. The number of β-amino-alcohol motifs (C(OH)–C–C–N with tert-alkyl or cyclic N) is 1. The maximum atomic E-state index is 12.9. The highest BCUT2D eigenvalue weighted by atomic mass is 16.5. The molecule has 0 saturated carbocycles. The number of benzene rings is 2. The van der Waals surface area contributed by atoms with Crippen LogP contribution in [0.1, 0.15) is 42.1 Å². The Balaban J connectivity index is 1.67. The second kappa shape index (κ2) is 9.18. The van der Waals surface area contributed by atoms with Gasteiger partial charge in [-0.05, 0) is 35.7 Å². The Morgan fingerprint density at radius 3 is 2.34 bits per heavy atom. The molecular formula is C23H29NO5. The number of hydrogen-bond acceptors (Lipinski definition) is 5. The molecule has 0 aliphatic carbocycles. The highest BCUT2D eigenvalue weighted by molar-refractivity contribution is 5.95. The first-order valence-electron chi connectivity index (χ1n) is 9.88. The van der Waals surface area contributed by atoms with E-state index < -0.39 is 6.10 Å². The number of methoxy groups -OCH3 is 2. The van der Waals surface area contributed by atoms with E-state index in [-0.39, 0.29) is 18.6 Å². The number of piperidine rings is 1. The third-order valence-corrected chi connectivity index (χ3v) is 5.22. The lowest BCUT2D eigenvalue weighted by Crippen LogP contribution is -2.51. The normalized spacial score (nSPS) is 19.2. The quantitative estimate of drug-likeness (QED) is 0.805. The fourth-order valence-corrected chi connectivity index (χ4v) is 3.47. The smallest absolute Gasteiger partial charge is 0.254 e. The number of likely N-dealkylation sites (tertiary alicyclic amines) is 1. The molecule has 6 nitrogen and oxygen atoms in total. The van der Waals surface area contributed by atoms with Crippen molar-refractivity contribution < 1.29 is 24.1 Å². The lowest BCUT2D eigenvalue weighted by molar-refractivity contribution is -0.0199. The first-order chi connectivity index (χ1) is 13.9. The first-order valence-corrected chi connectivity index (χ1v) is 9.88.